The van der Waals surface area contributed by atoms with Gasteiger partial charge in [0.1, 0.15) is 17.3 Å². The first-order chi connectivity index (χ1) is 14.3. The fourth-order valence-corrected chi connectivity index (χ4v) is 6.82. The van der Waals surface area contributed by atoms with E-state index >= 15 is 0 Å². The lowest BCUT2D eigenvalue weighted by Gasteiger charge is -2.07. The van der Waals surface area contributed by atoms with E-state index in [4.69, 9.17) is 0 Å². The Kier molecular flexibility index (Phi) is 32.4. The molecule has 0 heterocycles. The highest BCUT2D eigenvalue weighted by Crippen LogP contribution is 2.15. The molecule has 0 nitrogen and oxygen atoms in total. The van der Waals surface area contributed by atoms with Crippen LogP contribution in [0.2, 0.25) is 0 Å². The second-order valence-corrected chi connectivity index (χ2v) is 11.9. The van der Waals surface area contributed by atoms with Crippen molar-refractivity contribution in [3.05, 3.63) is 0 Å². The summed E-state index contributed by atoms with van der Waals surface area (Å²) in [6.07, 6.45) is 32.4. The number of halogens is 1. The van der Waals surface area contributed by atoms with Crippen LogP contribution in [0.5, 0.6) is 0 Å². The van der Waals surface area contributed by atoms with Crippen LogP contribution in [-0.2, 0) is 10.9 Å². The zero-order valence-corrected chi connectivity index (χ0v) is 23.0. The summed E-state index contributed by atoms with van der Waals surface area (Å²) in [6.45, 7) is 7.01. The average molecular weight is 463 g/mol. The highest BCUT2D eigenvalue weighted by molar-refractivity contribution is 7.96. The lowest BCUT2D eigenvalue weighted by molar-refractivity contribution is -0.00000656. The molecule has 0 aliphatic heterocycles. The largest absolute Gasteiger partial charge is 1.00 e. The molecule has 2 heteroatoms. The summed E-state index contributed by atoms with van der Waals surface area (Å²) in [4.78, 5) is 0. The Morgan fingerprint density at radius 3 is 0.833 bits per heavy atom. The molecule has 0 rings (SSSR count). The van der Waals surface area contributed by atoms with Gasteiger partial charge in [-0.1, -0.05) is 136 Å². The maximum Gasteiger partial charge on any atom is 0.108 e. The SMILES string of the molecule is CCCCCCCCCCCCCCCCCCCCCC[S+](CCC)CCC.[Cl-]. The van der Waals surface area contributed by atoms with Crippen molar-refractivity contribution in [2.24, 2.45) is 0 Å². The van der Waals surface area contributed by atoms with Crippen molar-refractivity contribution in [2.75, 3.05) is 17.3 Å². The van der Waals surface area contributed by atoms with Crippen LogP contribution in [0.4, 0.5) is 0 Å². The molecule has 0 saturated heterocycles. The number of hydrogen-bond acceptors (Lipinski definition) is 0. The minimum absolute atomic E-state index is 0. The average Bonchev–Trinajstić information content (AvgIpc) is 2.72. The lowest BCUT2D eigenvalue weighted by Crippen LogP contribution is -3.00. The van der Waals surface area contributed by atoms with Crippen LogP contribution >= 0.6 is 0 Å². The summed E-state index contributed by atoms with van der Waals surface area (Å²) in [7, 11) is 0.756. The molecule has 0 aromatic heterocycles. The fourth-order valence-electron chi connectivity index (χ4n) is 4.44. The van der Waals surface area contributed by atoms with Crippen LogP contribution in [0.15, 0.2) is 0 Å². The summed E-state index contributed by atoms with van der Waals surface area (Å²) in [6, 6.07) is 0. The predicted octanol–water partition coefficient (Wildman–Crippen LogP) is 7.25. The van der Waals surface area contributed by atoms with E-state index in [1.807, 2.05) is 0 Å². The third-order valence-corrected chi connectivity index (χ3v) is 9.11. The Morgan fingerprint density at radius 1 is 0.300 bits per heavy atom. The first-order valence-electron chi connectivity index (χ1n) is 14.0. The van der Waals surface area contributed by atoms with Crippen LogP contribution in [0.1, 0.15) is 162 Å². The van der Waals surface area contributed by atoms with Crippen molar-refractivity contribution >= 4 is 10.9 Å². The van der Waals surface area contributed by atoms with Crippen LogP contribution in [-0.4, -0.2) is 17.3 Å². The molecule has 0 aliphatic rings. The van der Waals surface area contributed by atoms with Gasteiger partial charge in [-0.15, -0.1) is 0 Å². The third kappa shape index (κ3) is 26.7. The molecule has 0 N–H and O–H groups in total. The minimum Gasteiger partial charge on any atom is -1.00 e. The summed E-state index contributed by atoms with van der Waals surface area (Å²) in [5.41, 5.74) is 0. The summed E-state index contributed by atoms with van der Waals surface area (Å²) in [5.74, 6) is 4.51. The second kappa shape index (κ2) is 29.6. The van der Waals surface area contributed by atoms with E-state index in [-0.39, 0.29) is 12.4 Å². The van der Waals surface area contributed by atoms with E-state index in [2.05, 4.69) is 20.8 Å². The molecule has 0 saturated carbocycles. The Labute approximate surface area is 202 Å². The molecular formula is C28H59ClS. The van der Waals surface area contributed by atoms with Gasteiger partial charge in [0.15, 0.2) is 0 Å². The standard InChI is InChI=1S/C28H59S.ClH/c1-4-7-8-9-10-11-12-13-14-15-16-17-18-19-20-21-22-23-24-25-28-29(26-5-2)27-6-3;/h4-28H2,1-3H3;1H/q+1;/p-1. The Balaban J connectivity index is 0. The lowest BCUT2D eigenvalue weighted by atomic mass is 10.0. The molecule has 0 unspecified atom stereocenters. The summed E-state index contributed by atoms with van der Waals surface area (Å²) in [5, 5.41) is 0. The van der Waals surface area contributed by atoms with E-state index in [0.29, 0.717) is 0 Å². The Morgan fingerprint density at radius 2 is 0.567 bits per heavy atom. The highest BCUT2D eigenvalue weighted by Gasteiger charge is 2.14. The van der Waals surface area contributed by atoms with Gasteiger partial charge in [-0.2, -0.15) is 0 Å². The number of unbranched alkanes of at least 4 members (excludes halogenated alkanes) is 19. The second-order valence-electron chi connectivity index (χ2n) is 9.44. The molecule has 0 aromatic carbocycles. The fraction of sp³-hybridized carbons (Fsp3) is 1.00. The molecule has 0 aliphatic carbocycles. The molecule has 0 atom stereocenters. The highest BCUT2D eigenvalue weighted by atomic mass is 35.5. The Hall–Kier alpha value is 0.640. The van der Waals surface area contributed by atoms with Gasteiger partial charge in [-0.05, 0) is 36.6 Å². The van der Waals surface area contributed by atoms with Crippen molar-refractivity contribution < 1.29 is 12.4 Å². The maximum atomic E-state index is 2.35. The van der Waals surface area contributed by atoms with Gasteiger partial charge in [0.2, 0.25) is 0 Å². The topological polar surface area (TPSA) is 0 Å². The first kappa shape index (κ1) is 32.8. The van der Waals surface area contributed by atoms with Crippen molar-refractivity contribution in [3.63, 3.8) is 0 Å². The quantitative estimate of drug-likeness (QED) is 0.0989. The van der Waals surface area contributed by atoms with Crippen molar-refractivity contribution in [3.8, 4) is 0 Å². The smallest absolute Gasteiger partial charge is 0.108 e. The summed E-state index contributed by atoms with van der Waals surface area (Å²) < 4.78 is 0. The van der Waals surface area contributed by atoms with Gasteiger partial charge in [0.25, 0.3) is 0 Å². The van der Waals surface area contributed by atoms with Crippen LogP contribution in [0.25, 0.3) is 0 Å². The third-order valence-electron chi connectivity index (χ3n) is 6.27. The van der Waals surface area contributed by atoms with Gasteiger partial charge >= 0.3 is 0 Å². The summed E-state index contributed by atoms with van der Waals surface area (Å²) >= 11 is 0. The molecule has 0 amide bonds. The number of hydrogen-bond donors (Lipinski definition) is 0. The molecule has 0 radical (unpaired) electrons. The van der Waals surface area contributed by atoms with E-state index < -0.39 is 0 Å². The van der Waals surface area contributed by atoms with Gasteiger partial charge in [0.05, 0.1) is 0 Å². The van der Waals surface area contributed by atoms with E-state index in [0.717, 1.165) is 10.9 Å². The van der Waals surface area contributed by atoms with Gasteiger partial charge in [-0.25, -0.2) is 0 Å². The van der Waals surface area contributed by atoms with E-state index in [9.17, 15) is 0 Å². The molecule has 0 bridgehead atoms. The normalized spacial score (nSPS) is 11.2. The Bertz CT molecular complexity index is 276. The molecule has 0 aromatic rings. The van der Waals surface area contributed by atoms with E-state index in [1.54, 1.807) is 0 Å². The zero-order chi connectivity index (χ0) is 21.3. The van der Waals surface area contributed by atoms with Crippen LogP contribution < -0.4 is 12.4 Å². The van der Waals surface area contributed by atoms with Crippen molar-refractivity contribution in [1.29, 1.82) is 0 Å². The molecule has 30 heavy (non-hydrogen) atoms. The monoisotopic (exact) mass is 462 g/mol. The van der Waals surface area contributed by atoms with Crippen LogP contribution in [0.3, 0.4) is 0 Å². The first-order valence-corrected chi connectivity index (χ1v) is 15.7. The van der Waals surface area contributed by atoms with Crippen molar-refractivity contribution in [1.82, 2.24) is 0 Å². The maximum absolute atomic E-state index is 2.35. The van der Waals surface area contributed by atoms with Crippen LogP contribution in [0, 0.1) is 0 Å². The predicted molar refractivity (Wildman–Crippen MR) is 141 cm³/mol. The van der Waals surface area contributed by atoms with E-state index in [1.165, 1.54) is 159 Å². The van der Waals surface area contributed by atoms with Gasteiger partial charge in [-0.3, -0.25) is 0 Å². The van der Waals surface area contributed by atoms with Crippen molar-refractivity contribution in [2.45, 2.75) is 162 Å². The number of rotatable bonds is 25. The van der Waals surface area contributed by atoms with Gasteiger partial charge < -0.3 is 12.4 Å². The zero-order valence-electron chi connectivity index (χ0n) is 21.5. The molecule has 0 fully saturated rings. The molecule has 184 valence electrons. The van der Waals surface area contributed by atoms with Gasteiger partial charge in [0, 0.05) is 0 Å². The minimum atomic E-state index is 0. The molecule has 0 spiro atoms. The molecular weight excluding hydrogens is 404 g/mol.